The molecule has 0 aliphatic heterocycles. The van der Waals surface area contributed by atoms with E-state index in [0.29, 0.717) is 29.9 Å². The highest BCUT2D eigenvalue weighted by Crippen LogP contribution is 2.23. The lowest BCUT2D eigenvalue weighted by atomic mass is 10.1. The van der Waals surface area contributed by atoms with Crippen molar-refractivity contribution in [1.82, 2.24) is 9.62 Å². The van der Waals surface area contributed by atoms with Crippen molar-refractivity contribution in [2.24, 2.45) is 5.92 Å². The number of hydrogen-bond donors (Lipinski definition) is 1. The van der Waals surface area contributed by atoms with Gasteiger partial charge in [0.25, 0.3) is 0 Å². The molecule has 116 valence electrons. The van der Waals surface area contributed by atoms with E-state index >= 15 is 0 Å². The van der Waals surface area contributed by atoms with Crippen LogP contribution >= 0.6 is 11.3 Å². The predicted molar refractivity (Wildman–Crippen MR) is 85.6 cm³/mol. The molecular formula is C14H26N2O2S2. The number of rotatable bonds is 8. The fourth-order valence-electron chi connectivity index (χ4n) is 1.74. The minimum atomic E-state index is -3.35. The summed E-state index contributed by atoms with van der Waals surface area (Å²) in [5.74, 6) is 0.371. The molecule has 0 saturated carbocycles. The molecule has 0 aliphatic carbocycles. The maximum Gasteiger partial charge on any atom is 0.243 e. The van der Waals surface area contributed by atoms with Crippen molar-refractivity contribution in [2.75, 3.05) is 13.6 Å². The van der Waals surface area contributed by atoms with Gasteiger partial charge < -0.3 is 5.32 Å². The summed E-state index contributed by atoms with van der Waals surface area (Å²) in [6.07, 6.45) is 0.979. The van der Waals surface area contributed by atoms with Crippen molar-refractivity contribution in [3.63, 3.8) is 0 Å². The van der Waals surface area contributed by atoms with Crippen molar-refractivity contribution in [1.29, 1.82) is 0 Å². The second-order valence-corrected chi connectivity index (χ2v) is 8.62. The van der Waals surface area contributed by atoms with E-state index in [2.05, 4.69) is 33.0 Å². The number of nitrogens with zero attached hydrogens (tertiary/aromatic N) is 1. The van der Waals surface area contributed by atoms with Crippen molar-refractivity contribution < 1.29 is 8.42 Å². The molecule has 1 atom stereocenters. The average Bonchev–Trinajstić information content (AvgIpc) is 2.85. The quantitative estimate of drug-likeness (QED) is 0.802. The van der Waals surface area contributed by atoms with Gasteiger partial charge in [-0.15, -0.1) is 11.3 Å². The molecule has 0 saturated heterocycles. The Morgan fingerprint density at radius 2 is 2.00 bits per heavy atom. The zero-order valence-electron chi connectivity index (χ0n) is 13.0. The van der Waals surface area contributed by atoms with Crippen LogP contribution in [-0.4, -0.2) is 32.4 Å². The van der Waals surface area contributed by atoms with Crippen LogP contribution in [0.3, 0.4) is 0 Å². The molecule has 1 unspecified atom stereocenters. The second kappa shape index (κ2) is 7.54. The minimum Gasteiger partial charge on any atom is -0.310 e. The molecular weight excluding hydrogens is 292 g/mol. The monoisotopic (exact) mass is 318 g/mol. The summed E-state index contributed by atoms with van der Waals surface area (Å²) in [6, 6.07) is 2.17. The van der Waals surface area contributed by atoms with Crippen LogP contribution in [0.4, 0.5) is 0 Å². The Bertz CT molecular complexity index is 509. The molecule has 0 spiro atoms. The molecule has 1 aromatic rings. The van der Waals surface area contributed by atoms with Crippen LogP contribution in [0, 0.1) is 5.92 Å². The van der Waals surface area contributed by atoms with Crippen molar-refractivity contribution in [3.05, 3.63) is 16.3 Å². The Kier molecular flexibility index (Phi) is 6.64. The van der Waals surface area contributed by atoms with Gasteiger partial charge in [0.1, 0.15) is 0 Å². The van der Waals surface area contributed by atoms with Crippen LogP contribution < -0.4 is 5.32 Å². The van der Waals surface area contributed by atoms with Gasteiger partial charge in [-0.25, -0.2) is 12.7 Å². The summed E-state index contributed by atoms with van der Waals surface area (Å²) in [5, 5.41) is 5.04. The van der Waals surface area contributed by atoms with Crippen LogP contribution in [0.5, 0.6) is 0 Å². The van der Waals surface area contributed by atoms with Crippen LogP contribution in [0.25, 0.3) is 0 Å². The van der Waals surface area contributed by atoms with Gasteiger partial charge in [-0.2, -0.15) is 0 Å². The largest absolute Gasteiger partial charge is 0.310 e. The Labute approximate surface area is 127 Å². The van der Waals surface area contributed by atoms with Gasteiger partial charge in [-0.1, -0.05) is 34.1 Å². The summed E-state index contributed by atoms with van der Waals surface area (Å²) < 4.78 is 26.4. The maximum atomic E-state index is 12.4. The van der Waals surface area contributed by atoms with E-state index in [1.807, 2.05) is 0 Å². The fraction of sp³-hybridized carbons (Fsp3) is 0.714. The van der Waals surface area contributed by atoms with Crippen LogP contribution in [0.2, 0.25) is 0 Å². The number of thiophene rings is 1. The third kappa shape index (κ3) is 4.84. The Hall–Kier alpha value is -0.430. The van der Waals surface area contributed by atoms with Crippen molar-refractivity contribution in [2.45, 2.75) is 51.6 Å². The van der Waals surface area contributed by atoms with Crippen molar-refractivity contribution in [3.8, 4) is 0 Å². The highest BCUT2D eigenvalue weighted by atomic mass is 32.2. The average molecular weight is 319 g/mol. The first-order chi connectivity index (χ1) is 9.27. The van der Waals surface area contributed by atoms with E-state index in [1.165, 1.54) is 15.6 Å². The molecule has 1 aromatic heterocycles. The molecule has 0 fully saturated rings. The predicted octanol–water partition coefficient (Wildman–Crippen LogP) is 2.91. The van der Waals surface area contributed by atoms with Crippen molar-refractivity contribution >= 4 is 21.4 Å². The maximum absolute atomic E-state index is 12.4. The van der Waals surface area contributed by atoms with E-state index in [9.17, 15) is 8.42 Å². The third-order valence-corrected chi connectivity index (χ3v) is 6.18. The molecule has 20 heavy (non-hydrogen) atoms. The first kappa shape index (κ1) is 17.6. The summed E-state index contributed by atoms with van der Waals surface area (Å²) in [6.45, 7) is 9.57. The van der Waals surface area contributed by atoms with E-state index in [1.54, 1.807) is 18.5 Å². The van der Waals surface area contributed by atoms with Gasteiger partial charge in [-0.3, -0.25) is 0 Å². The first-order valence-corrected chi connectivity index (χ1v) is 9.36. The summed E-state index contributed by atoms with van der Waals surface area (Å²) in [4.78, 5) is 1.46. The molecule has 0 radical (unpaired) electrons. The van der Waals surface area contributed by atoms with Gasteiger partial charge in [0.2, 0.25) is 10.0 Å². The standard InChI is InChI=1S/C14H26N2O2S2/c1-6-12(4)9-16(5)20(17,18)14-7-13(19-10-14)8-15-11(2)3/h7,10-12,15H,6,8-9H2,1-5H3. The second-order valence-electron chi connectivity index (χ2n) is 5.58. The molecule has 0 amide bonds. The lowest BCUT2D eigenvalue weighted by molar-refractivity contribution is 0.394. The Balaban J connectivity index is 2.77. The van der Waals surface area contributed by atoms with Gasteiger partial charge in [0.05, 0.1) is 4.90 Å². The molecule has 0 aromatic carbocycles. The molecule has 0 bridgehead atoms. The smallest absolute Gasteiger partial charge is 0.243 e. The van der Waals surface area contributed by atoms with E-state index in [0.717, 1.165) is 11.3 Å². The van der Waals surface area contributed by atoms with Crippen LogP contribution in [0.1, 0.15) is 39.0 Å². The van der Waals surface area contributed by atoms with Gasteiger partial charge in [0, 0.05) is 36.4 Å². The summed E-state index contributed by atoms with van der Waals surface area (Å²) in [5.41, 5.74) is 0. The third-order valence-electron chi connectivity index (χ3n) is 3.29. The number of hydrogen-bond acceptors (Lipinski definition) is 4. The Morgan fingerprint density at radius 1 is 1.35 bits per heavy atom. The van der Waals surface area contributed by atoms with E-state index in [4.69, 9.17) is 0 Å². The lowest BCUT2D eigenvalue weighted by Gasteiger charge is -2.19. The SMILES string of the molecule is CCC(C)CN(C)S(=O)(=O)c1csc(CNC(C)C)c1. The lowest BCUT2D eigenvalue weighted by Crippen LogP contribution is -2.30. The molecule has 6 heteroatoms. The summed E-state index contributed by atoms with van der Waals surface area (Å²) in [7, 11) is -1.69. The normalized spacial score (nSPS) is 14.2. The molecule has 1 heterocycles. The fourth-order valence-corrected chi connectivity index (χ4v) is 4.24. The van der Waals surface area contributed by atoms with E-state index < -0.39 is 10.0 Å². The minimum absolute atomic E-state index is 0.371. The summed E-state index contributed by atoms with van der Waals surface area (Å²) >= 11 is 1.49. The molecule has 1 N–H and O–H groups in total. The van der Waals surface area contributed by atoms with Gasteiger partial charge >= 0.3 is 0 Å². The molecule has 1 rings (SSSR count). The molecule has 4 nitrogen and oxygen atoms in total. The van der Waals surface area contributed by atoms with E-state index in [-0.39, 0.29) is 0 Å². The first-order valence-electron chi connectivity index (χ1n) is 7.04. The number of sulfonamides is 1. The topological polar surface area (TPSA) is 49.4 Å². The van der Waals surface area contributed by atoms with Gasteiger partial charge in [0.15, 0.2) is 0 Å². The van der Waals surface area contributed by atoms with Crippen LogP contribution in [-0.2, 0) is 16.6 Å². The highest BCUT2D eigenvalue weighted by molar-refractivity contribution is 7.89. The highest BCUT2D eigenvalue weighted by Gasteiger charge is 2.23. The van der Waals surface area contributed by atoms with Gasteiger partial charge in [-0.05, 0) is 12.0 Å². The number of nitrogens with one attached hydrogen (secondary N) is 1. The Morgan fingerprint density at radius 3 is 2.55 bits per heavy atom. The zero-order chi connectivity index (χ0) is 15.3. The van der Waals surface area contributed by atoms with Crippen LogP contribution in [0.15, 0.2) is 16.3 Å². The zero-order valence-corrected chi connectivity index (χ0v) is 14.6. The molecule has 0 aliphatic rings.